The van der Waals surface area contributed by atoms with Crippen molar-refractivity contribution < 1.29 is 9.18 Å². The van der Waals surface area contributed by atoms with Gasteiger partial charge < -0.3 is 9.80 Å². The van der Waals surface area contributed by atoms with Crippen LogP contribution >= 0.6 is 11.6 Å². The van der Waals surface area contributed by atoms with Crippen molar-refractivity contribution in [3.8, 4) is 0 Å². The van der Waals surface area contributed by atoms with Crippen LogP contribution in [-0.4, -0.2) is 46.7 Å². The second-order valence-electron chi connectivity index (χ2n) is 6.66. The van der Waals surface area contributed by atoms with Gasteiger partial charge >= 0.3 is 0 Å². The van der Waals surface area contributed by atoms with E-state index in [1.807, 2.05) is 42.2 Å². The molecule has 0 radical (unpaired) electrons. The molecule has 0 unspecified atom stereocenters. The van der Waals surface area contributed by atoms with E-state index in [-0.39, 0.29) is 22.9 Å². The lowest BCUT2D eigenvalue weighted by molar-refractivity contribution is 0.0726. The number of benzene rings is 2. The minimum atomic E-state index is -0.366. The second kappa shape index (κ2) is 7.12. The van der Waals surface area contributed by atoms with E-state index in [4.69, 9.17) is 11.6 Å². The number of rotatable bonds is 2. The van der Waals surface area contributed by atoms with Crippen LogP contribution in [0.4, 0.5) is 10.2 Å². The highest BCUT2D eigenvalue weighted by Crippen LogP contribution is 2.31. The van der Waals surface area contributed by atoms with Crippen LogP contribution in [0.25, 0.3) is 10.8 Å². The summed E-state index contributed by atoms with van der Waals surface area (Å²) in [5, 5.41) is 9.72. The fraction of sp³-hybridized carbons (Fsp3) is 0.250. The average molecular weight is 385 g/mol. The fourth-order valence-electron chi connectivity index (χ4n) is 3.51. The zero-order valence-electron chi connectivity index (χ0n) is 14.8. The first kappa shape index (κ1) is 17.7. The van der Waals surface area contributed by atoms with Gasteiger partial charge in [-0.3, -0.25) is 4.79 Å². The third-order valence-electron chi connectivity index (χ3n) is 4.88. The largest absolute Gasteiger partial charge is 0.348 e. The maximum absolute atomic E-state index is 13.6. The van der Waals surface area contributed by atoms with Crippen molar-refractivity contribution in [1.82, 2.24) is 15.1 Å². The lowest BCUT2D eigenvalue weighted by atomic mass is 10.1. The molecule has 2 heterocycles. The molecule has 0 N–H and O–H groups in total. The minimum Gasteiger partial charge on any atom is -0.348 e. The summed E-state index contributed by atoms with van der Waals surface area (Å²) in [6, 6.07) is 13.7. The Hall–Kier alpha value is -2.73. The monoisotopic (exact) mass is 384 g/mol. The number of fused-ring (bicyclic) bond motifs is 1. The molecule has 0 saturated carbocycles. The maximum Gasteiger partial charge on any atom is 0.253 e. The van der Waals surface area contributed by atoms with Gasteiger partial charge in [0.1, 0.15) is 5.82 Å². The Labute approximate surface area is 161 Å². The van der Waals surface area contributed by atoms with Crippen LogP contribution in [0, 0.1) is 5.82 Å². The molecule has 1 fully saturated rings. The number of carbonyl (C=O) groups excluding carboxylic acids is 1. The highest BCUT2D eigenvalue weighted by Gasteiger charge is 2.29. The van der Waals surface area contributed by atoms with Crippen molar-refractivity contribution in [2.45, 2.75) is 13.0 Å². The van der Waals surface area contributed by atoms with E-state index in [2.05, 4.69) is 15.1 Å². The van der Waals surface area contributed by atoms with Crippen LogP contribution in [-0.2, 0) is 0 Å². The molecule has 1 aliphatic heterocycles. The summed E-state index contributed by atoms with van der Waals surface area (Å²) in [6.07, 6.45) is 0. The summed E-state index contributed by atoms with van der Waals surface area (Å²) < 4.78 is 13.6. The smallest absolute Gasteiger partial charge is 0.253 e. The summed E-state index contributed by atoms with van der Waals surface area (Å²) in [7, 11) is 0. The van der Waals surface area contributed by atoms with Crippen molar-refractivity contribution >= 4 is 34.1 Å². The average Bonchev–Trinajstić information content (AvgIpc) is 2.69. The second-order valence-corrected chi connectivity index (χ2v) is 7.02. The van der Waals surface area contributed by atoms with Crippen molar-refractivity contribution in [1.29, 1.82) is 0 Å². The number of anilines is 1. The molecule has 3 aromatic rings. The number of amides is 1. The third kappa shape index (κ3) is 3.32. The molecule has 1 atom stereocenters. The molecule has 1 amide bonds. The Balaban J connectivity index is 1.60. The standard InChI is InChI=1S/C20H18ClFN4O/c1-13-12-25(20(27)14-5-3-2-4-6-14)9-10-26(13)19-16-8-7-15(22)11-17(16)18(21)23-24-19/h2-8,11,13H,9-10,12H2,1H3/t13-/m1/s1. The van der Waals surface area contributed by atoms with Gasteiger partial charge in [-0.2, -0.15) is 0 Å². The van der Waals surface area contributed by atoms with Gasteiger partial charge in [0.15, 0.2) is 11.0 Å². The van der Waals surface area contributed by atoms with Crippen molar-refractivity contribution in [3.63, 3.8) is 0 Å². The summed E-state index contributed by atoms with van der Waals surface area (Å²) >= 11 is 6.10. The van der Waals surface area contributed by atoms with E-state index in [1.54, 1.807) is 6.07 Å². The van der Waals surface area contributed by atoms with Gasteiger partial charge in [0, 0.05) is 42.0 Å². The van der Waals surface area contributed by atoms with E-state index in [0.717, 1.165) is 5.39 Å². The van der Waals surface area contributed by atoms with Gasteiger partial charge in [-0.25, -0.2) is 4.39 Å². The number of nitrogens with zero attached hydrogens (tertiary/aromatic N) is 4. The SMILES string of the molecule is C[C@@H]1CN(C(=O)c2ccccc2)CCN1c1nnc(Cl)c2cc(F)ccc12. The van der Waals surface area contributed by atoms with E-state index in [1.165, 1.54) is 12.1 Å². The fourth-order valence-corrected chi connectivity index (χ4v) is 3.71. The molecule has 1 aliphatic rings. The Bertz CT molecular complexity index is 998. The van der Waals surface area contributed by atoms with Gasteiger partial charge in [-0.05, 0) is 37.3 Å². The van der Waals surface area contributed by atoms with Crippen LogP contribution < -0.4 is 4.90 Å². The van der Waals surface area contributed by atoms with Gasteiger partial charge in [0.05, 0.1) is 0 Å². The van der Waals surface area contributed by atoms with Crippen molar-refractivity contribution in [2.75, 3.05) is 24.5 Å². The van der Waals surface area contributed by atoms with Gasteiger partial charge in [0.2, 0.25) is 0 Å². The first-order chi connectivity index (χ1) is 13.0. The highest BCUT2D eigenvalue weighted by atomic mass is 35.5. The molecular formula is C20H18ClFN4O. The molecule has 0 bridgehead atoms. The highest BCUT2D eigenvalue weighted by molar-refractivity contribution is 6.34. The summed E-state index contributed by atoms with van der Waals surface area (Å²) in [5.74, 6) is 0.319. The number of hydrogen-bond acceptors (Lipinski definition) is 4. The zero-order valence-corrected chi connectivity index (χ0v) is 15.5. The lowest BCUT2D eigenvalue weighted by Gasteiger charge is -2.40. The summed E-state index contributed by atoms with van der Waals surface area (Å²) in [6.45, 7) is 3.80. The Morgan fingerprint density at radius 2 is 1.89 bits per heavy atom. The molecule has 7 heteroatoms. The van der Waals surface area contributed by atoms with Crippen LogP contribution in [0.15, 0.2) is 48.5 Å². The predicted molar refractivity (Wildman–Crippen MR) is 104 cm³/mol. The summed E-state index contributed by atoms with van der Waals surface area (Å²) in [4.78, 5) is 16.6. The van der Waals surface area contributed by atoms with Crippen LogP contribution in [0.2, 0.25) is 5.15 Å². The molecule has 1 aromatic heterocycles. The number of halogens is 2. The first-order valence-electron chi connectivity index (χ1n) is 8.77. The van der Waals surface area contributed by atoms with Crippen LogP contribution in [0.3, 0.4) is 0 Å². The lowest BCUT2D eigenvalue weighted by Crippen LogP contribution is -2.54. The number of aromatic nitrogens is 2. The van der Waals surface area contributed by atoms with Gasteiger partial charge in [-0.1, -0.05) is 29.8 Å². The molecule has 4 rings (SSSR count). The topological polar surface area (TPSA) is 49.3 Å². The number of piperazine rings is 1. The third-order valence-corrected chi connectivity index (χ3v) is 5.16. The molecule has 27 heavy (non-hydrogen) atoms. The minimum absolute atomic E-state index is 0.0243. The van der Waals surface area contributed by atoms with E-state index < -0.39 is 0 Å². The molecule has 1 saturated heterocycles. The predicted octanol–water partition coefficient (Wildman–Crippen LogP) is 3.77. The van der Waals surface area contributed by atoms with E-state index >= 15 is 0 Å². The maximum atomic E-state index is 13.6. The van der Waals surface area contributed by atoms with Gasteiger partial charge in [0.25, 0.3) is 5.91 Å². The quantitative estimate of drug-likeness (QED) is 0.674. The molecule has 0 spiro atoms. The number of carbonyl (C=O) groups is 1. The summed E-state index contributed by atoms with van der Waals surface area (Å²) in [5.41, 5.74) is 0.686. The Morgan fingerprint density at radius 3 is 2.63 bits per heavy atom. The number of hydrogen-bond donors (Lipinski definition) is 0. The van der Waals surface area contributed by atoms with Crippen molar-refractivity contribution in [3.05, 3.63) is 65.1 Å². The van der Waals surface area contributed by atoms with Crippen molar-refractivity contribution in [2.24, 2.45) is 0 Å². The molecule has 2 aromatic carbocycles. The van der Waals surface area contributed by atoms with E-state index in [0.29, 0.717) is 36.4 Å². The van der Waals surface area contributed by atoms with Crippen LogP contribution in [0.1, 0.15) is 17.3 Å². The Morgan fingerprint density at radius 1 is 1.11 bits per heavy atom. The molecule has 5 nitrogen and oxygen atoms in total. The normalized spacial score (nSPS) is 17.4. The zero-order chi connectivity index (χ0) is 19.0. The van der Waals surface area contributed by atoms with Gasteiger partial charge in [-0.15, -0.1) is 10.2 Å². The molecular weight excluding hydrogens is 367 g/mol. The van der Waals surface area contributed by atoms with E-state index in [9.17, 15) is 9.18 Å². The first-order valence-corrected chi connectivity index (χ1v) is 9.15. The molecule has 0 aliphatic carbocycles. The molecule has 138 valence electrons. The Kier molecular flexibility index (Phi) is 4.66. The van der Waals surface area contributed by atoms with Crippen LogP contribution in [0.5, 0.6) is 0 Å².